The van der Waals surface area contributed by atoms with Gasteiger partial charge in [0, 0.05) is 16.3 Å². The Labute approximate surface area is 106 Å². The van der Waals surface area contributed by atoms with E-state index in [1.807, 2.05) is 30.5 Å². The van der Waals surface area contributed by atoms with Crippen molar-refractivity contribution in [1.29, 1.82) is 0 Å². The summed E-state index contributed by atoms with van der Waals surface area (Å²) in [6, 6.07) is 8.02. The van der Waals surface area contributed by atoms with Crippen LogP contribution in [-0.2, 0) is 0 Å². The smallest absolute Gasteiger partial charge is 0.283 e. The van der Waals surface area contributed by atoms with Gasteiger partial charge in [-0.2, -0.15) is 0 Å². The van der Waals surface area contributed by atoms with Crippen molar-refractivity contribution in [3.8, 4) is 0 Å². The van der Waals surface area contributed by atoms with Gasteiger partial charge in [0.15, 0.2) is 0 Å². The summed E-state index contributed by atoms with van der Waals surface area (Å²) in [5.41, 5.74) is 0. The van der Waals surface area contributed by atoms with Gasteiger partial charge >= 0.3 is 0 Å². The van der Waals surface area contributed by atoms with E-state index in [9.17, 15) is 4.79 Å². The van der Waals surface area contributed by atoms with Crippen LogP contribution < -0.4 is 5.32 Å². The highest BCUT2D eigenvalue weighted by Gasteiger charge is 2.03. The molecule has 0 bridgehead atoms. The summed E-state index contributed by atoms with van der Waals surface area (Å²) in [5.74, 6) is 0. The molecule has 0 aliphatic carbocycles. The molecule has 88 valence electrons. The van der Waals surface area contributed by atoms with Gasteiger partial charge in [-0.05, 0) is 42.6 Å². The third-order valence-corrected chi connectivity index (χ3v) is 3.60. The lowest BCUT2D eigenvalue weighted by Gasteiger charge is -2.04. The topological polar surface area (TPSA) is 29.1 Å². The van der Waals surface area contributed by atoms with Crippen LogP contribution in [0.1, 0.15) is 19.8 Å². The number of carbonyl (C=O) groups excluding carboxylic acids is 1. The van der Waals surface area contributed by atoms with Gasteiger partial charge in [0.1, 0.15) is 0 Å². The van der Waals surface area contributed by atoms with Crippen LogP contribution in [0.3, 0.4) is 0 Å². The molecule has 0 saturated heterocycles. The standard InChI is InChI=1S/C12H17NOS2/c1-3-4-8-13-12(14)16-11-7-5-6-10(9-11)15-2/h5-7,9H,3-4,8H2,1-2H3,(H,13,14). The van der Waals surface area contributed by atoms with Crippen LogP contribution in [0.5, 0.6) is 0 Å². The summed E-state index contributed by atoms with van der Waals surface area (Å²) in [4.78, 5) is 13.7. The highest BCUT2D eigenvalue weighted by atomic mass is 32.2. The van der Waals surface area contributed by atoms with Crippen molar-refractivity contribution in [3.63, 3.8) is 0 Å². The monoisotopic (exact) mass is 255 g/mol. The van der Waals surface area contributed by atoms with Gasteiger partial charge in [-0.15, -0.1) is 11.8 Å². The number of rotatable bonds is 5. The van der Waals surface area contributed by atoms with E-state index in [1.165, 1.54) is 16.7 Å². The Morgan fingerprint density at radius 2 is 2.12 bits per heavy atom. The molecule has 4 heteroatoms. The summed E-state index contributed by atoms with van der Waals surface area (Å²) in [5, 5.41) is 2.92. The van der Waals surface area contributed by atoms with Gasteiger partial charge in [0.05, 0.1) is 0 Å². The van der Waals surface area contributed by atoms with E-state index in [2.05, 4.69) is 12.2 Å². The van der Waals surface area contributed by atoms with E-state index >= 15 is 0 Å². The number of carbonyl (C=O) groups is 1. The first-order chi connectivity index (χ1) is 7.76. The summed E-state index contributed by atoms with van der Waals surface area (Å²) < 4.78 is 0. The molecule has 0 aliphatic rings. The van der Waals surface area contributed by atoms with Gasteiger partial charge in [-0.3, -0.25) is 4.79 Å². The Bertz CT molecular complexity index is 342. The molecule has 1 N–H and O–H groups in total. The largest absolute Gasteiger partial charge is 0.347 e. The van der Waals surface area contributed by atoms with Crippen molar-refractivity contribution in [2.24, 2.45) is 0 Å². The normalized spacial score (nSPS) is 10.1. The summed E-state index contributed by atoms with van der Waals surface area (Å²) in [6.07, 6.45) is 4.18. The Kier molecular flexibility index (Phi) is 6.42. The summed E-state index contributed by atoms with van der Waals surface area (Å²) in [7, 11) is 0. The second-order valence-corrected chi connectivity index (χ2v) is 5.27. The SMILES string of the molecule is CCCCNC(=O)Sc1cccc(SC)c1. The van der Waals surface area contributed by atoms with E-state index < -0.39 is 0 Å². The van der Waals surface area contributed by atoms with Crippen LogP contribution in [0, 0.1) is 0 Å². The fraction of sp³-hybridized carbons (Fsp3) is 0.417. The number of hydrogen-bond donors (Lipinski definition) is 1. The zero-order valence-corrected chi connectivity index (χ0v) is 11.3. The molecule has 0 fully saturated rings. The molecule has 0 radical (unpaired) electrons. The molecule has 16 heavy (non-hydrogen) atoms. The second kappa shape index (κ2) is 7.63. The average Bonchev–Trinajstić information content (AvgIpc) is 2.29. The fourth-order valence-corrected chi connectivity index (χ4v) is 2.43. The molecule has 1 aromatic carbocycles. The van der Waals surface area contributed by atoms with Crippen LogP contribution in [0.2, 0.25) is 0 Å². The van der Waals surface area contributed by atoms with Crippen LogP contribution in [0.15, 0.2) is 34.1 Å². The highest BCUT2D eigenvalue weighted by Crippen LogP contribution is 2.23. The van der Waals surface area contributed by atoms with Crippen LogP contribution >= 0.6 is 23.5 Å². The molecular weight excluding hydrogens is 238 g/mol. The van der Waals surface area contributed by atoms with Gasteiger partial charge in [-0.25, -0.2) is 0 Å². The minimum Gasteiger partial charge on any atom is -0.347 e. The van der Waals surface area contributed by atoms with E-state index in [4.69, 9.17) is 0 Å². The van der Waals surface area contributed by atoms with Crippen molar-refractivity contribution >= 4 is 28.8 Å². The Morgan fingerprint density at radius 3 is 2.81 bits per heavy atom. The average molecular weight is 255 g/mol. The molecule has 1 amide bonds. The van der Waals surface area contributed by atoms with Gasteiger partial charge in [0.25, 0.3) is 5.24 Å². The number of amides is 1. The number of nitrogens with one attached hydrogen (secondary N) is 1. The zero-order valence-electron chi connectivity index (χ0n) is 9.66. The van der Waals surface area contributed by atoms with Crippen molar-refractivity contribution in [1.82, 2.24) is 5.32 Å². The molecule has 0 aromatic heterocycles. The first-order valence-electron chi connectivity index (χ1n) is 5.36. The van der Waals surface area contributed by atoms with E-state index in [0.29, 0.717) is 0 Å². The van der Waals surface area contributed by atoms with Crippen molar-refractivity contribution in [2.45, 2.75) is 29.6 Å². The number of thioether (sulfide) groups is 2. The summed E-state index contributed by atoms with van der Waals surface area (Å²) >= 11 is 2.95. The van der Waals surface area contributed by atoms with E-state index in [1.54, 1.807) is 11.8 Å². The van der Waals surface area contributed by atoms with Crippen LogP contribution in [-0.4, -0.2) is 18.0 Å². The van der Waals surface area contributed by atoms with Crippen molar-refractivity contribution in [3.05, 3.63) is 24.3 Å². The molecule has 0 heterocycles. The van der Waals surface area contributed by atoms with Crippen LogP contribution in [0.25, 0.3) is 0 Å². The number of benzene rings is 1. The number of unbranched alkanes of at least 4 members (excludes halogenated alkanes) is 1. The van der Waals surface area contributed by atoms with Crippen LogP contribution in [0.4, 0.5) is 4.79 Å². The number of hydrogen-bond acceptors (Lipinski definition) is 3. The Hall–Kier alpha value is -0.610. The predicted molar refractivity (Wildman–Crippen MR) is 72.4 cm³/mol. The lowest BCUT2D eigenvalue weighted by Crippen LogP contribution is -2.19. The van der Waals surface area contributed by atoms with Crippen molar-refractivity contribution in [2.75, 3.05) is 12.8 Å². The van der Waals surface area contributed by atoms with Crippen molar-refractivity contribution < 1.29 is 4.79 Å². The van der Waals surface area contributed by atoms with E-state index in [-0.39, 0.29) is 5.24 Å². The molecule has 0 atom stereocenters. The highest BCUT2D eigenvalue weighted by molar-refractivity contribution is 8.13. The zero-order chi connectivity index (χ0) is 11.8. The van der Waals surface area contributed by atoms with Gasteiger partial charge in [0.2, 0.25) is 0 Å². The summed E-state index contributed by atoms with van der Waals surface area (Å²) in [6.45, 7) is 2.88. The first kappa shape index (κ1) is 13.5. The molecule has 1 aromatic rings. The maximum Gasteiger partial charge on any atom is 0.283 e. The minimum absolute atomic E-state index is 0.0340. The molecular formula is C12H17NOS2. The maximum absolute atomic E-state index is 11.5. The quantitative estimate of drug-likeness (QED) is 0.636. The molecule has 0 unspecified atom stereocenters. The molecule has 0 spiro atoms. The molecule has 1 rings (SSSR count). The maximum atomic E-state index is 11.5. The molecule has 2 nitrogen and oxygen atoms in total. The third kappa shape index (κ3) is 4.94. The fourth-order valence-electron chi connectivity index (χ4n) is 1.18. The van der Waals surface area contributed by atoms with Gasteiger partial charge < -0.3 is 5.32 Å². The van der Waals surface area contributed by atoms with Gasteiger partial charge in [-0.1, -0.05) is 19.4 Å². The second-order valence-electron chi connectivity index (χ2n) is 3.35. The lowest BCUT2D eigenvalue weighted by atomic mass is 10.3. The third-order valence-electron chi connectivity index (χ3n) is 2.05. The molecule has 0 aliphatic heterocycles. The Balaban J connectivity index is 2.43. The first-order valence-corrected chi connectivity index (χ1v) is 7.40. The molecule has 0 saturated carbocycles. The Morgan fingerprint density at radius 1 is 1.38 bits per heavy atom. The lowest BCUT2D eigenvalue weighted by molar-refractivity contribution is 0.260. The minimum atomic E-state index is 0.0340. The van der Waals surface area contributed by atoms with E-state index in [0.717, 1.165) is 24.3 Å². The predicted octanol–water partition coefficient (Wildman–Crippen LogP) is 4.01.